The molecule has 2 fully saturated rings. The highest BCUT2D eigenvalue weighted by atomic mass is 16.5. The number of aryl methyl sites for hydroxylation is 1. The highest BCUT2D eigenvalue weighted by Gasteiger charge is 2.53. The molecule has 1 aromatic carbocycles. The molecule has 7 nitrogen and oxygen atoms in total. The number of rotatable bonds is 5. The zero-order chi connectivity index (χ0) is 21.4. The fraction of sp³-hybridized carbons (Fsp3) is 0.458. The minimum Gasteiger partial charge on any atom is -0.497 e. The topological polar surface area (TPSA) is 76.3 Å². The van der Waals surface area contributed by atoms with E-state index in [0.29, 0.717) is 5.82 Å². The molecule has 2 aromatic heterocycles. The van der Waals surface area contributed by atoms with Crippen molar-refractivity contribution in [2.45, 2.75) is 31.4 Å². The molecule has 3 heterocycles. The van der Waals surface area contributed by atoms with Crippen molar-refractivity contribution in [3.63, 3.8) is 0 Å². The summed E-state index contributed by atoms with van der Waals surface area (Å²) in [5, 5.41) is 11.7. The van der Waals surface area contributed by atoms with Gasteiger partial charge >= 0.3 is 0 Å². The molecule has 2 bridgehead atoms. The molecule has 7 heteroatoms. The third-order valence-corrected chi connectivity index (χ3v) is 6.95. The van der Waals surface area contributed by atoms with Gasteiger partial charge in [0.25, 0.3) is 0 Å². The second-order valence-electron chi connectivity index (χ2n) is 8.85. The van der Waals surface area contributed by atoms with Crippen LogP contribution >= 0.6 is 0 Å². The Morgan fingerprint density at radius 1 is 1.06 bits per heavy atom. The Hall–Kier alpha value is -2.77. The summed E-state index contributed by atoms with van der Waals surface area (Å²) in [7, 11) is 3.64. The van der Waals surface area contributed by atoms with Gasteiger partial charge in [-0.05, 0) is 37.1 Å². The standard InChI is InChI=1S/C24H29N5O2/c1-28-11-10-25-23(28)24(30)19-4-3-5-20(24)16-29(15-19)14-17-12-26-22(27-13-17)18-6-8-21(31-2)9-7-18/h6-13,19-20,30H,3-5,14-16H2,1-2H3. The minimum atomic E-state index is -0.832. The van der Waals surface area contributed by atoms with Crippen LogP contribution in [0.4, 0.5) is 0 Å². The van der Waals surface area contributed by atoms with Gasteiger partial charge in [0.15, 0.2) is 5.82 Å². The van der Waals surface area contributed by atoms with Crippen molar-refractivity contribution in [1.29, 1.82) is 0 Å². The molecule has 162 valence electrons. The van der Waals surface area contributed by atoms with E-state index in [1.165, 1.54) is 6.42 Å². The minimum absolute atomic E-state index is 0.195. The van der Waals surface area contributed by atoms with Gasteiger partial charge < -0.3 is 14.4 Å². The Balaban J connectivity index is 1.30. The Morgan fingerprint density at radius 2 is 1.74 bits per heavy atom. The molecule has 1 N–H and O–H groups in total. The van der Waals surface area contributed by atoms with Crippen LogP contribution in [0, 0.1) is 11.8 Å². The fourth-order valence-corrected chi connectivity index (χ4v) is 5.37. The van der Waals surface area contributed by atoms with E-state index in [1.807, 2.05) is 54.5 Å². The van der Waals surface area contributed by atoms with E-state index in [2.05, 4.69) is 19.9 Å². The number of methoxy groups -OCH3 is 1. The maximum atomic E-state index is 11.7. The number of benzene rings is 1. The average Bonchev–Trinajstić information content (AvgIpc) is 3.22. The lowest BCUT2D eigenvalue weighted by molar-refractivity contribution is -0.155. The average molecular weight is 420 g/mol. The number of aliphatic hydroxyl groups is 1. The number of piperidine rings is 1. The molecule has 1 saturated heterocycles. The van der Waals surface area contributed by atoms with Gasteiger partial charge in [-0.2, -0.15) is 0 Å². The lowest BCUT2D eigenvalue weighted by Crippen LogP contribution is -2.58. The number of hydrogen-bond donors (Lipinski definition) is 1. The molecule has 0 spiro atoms. The molecule has 0 radical (unpaired) electrons. The summed E-state index contributed by atoms with van der Waals surface area (Å²) >= 11 is 0. The van der Waals surface area contributed by atoms with Crippen LogP contribution in [0.5, 0.6) is 5.75 Å². The molecule has 1 saturated carbocycles. The predicted molar refractivity (Wildman–Crippen MR) is 117 cm³/mol. The van der Waals surface area contributed by atoms with Crippen LogP contribution in [-0.2, 0) is 19.2 Å². The number of ether oxygens (including phenoxy) is 1. The van der Waals surface area contributed by atoms with Crippen molar-refractivity contribution >= 4 is 0 Å². The van der Waals surface area contributed by atoms with E-state index in [-0.39, 0.29) is 11.8 Å². The lowest BCUT2D eigenvalue weighted by atomic mass is 9.65. The number of likely N-dealkylation sites (tertiary alicyclic amines) is 1. The van der Waals surface area contributed by atoms with Gasteiger partial charge in [-0.1, -0.05) is 6.42 Å². The van der Waals surface area contributed by atoms with E-state index in [0.717, 1.165) is 55.2 Å². The molecular weight excluding hydrogens is 390 g/mol. The van der Waals surface area contributed by atoms with Crippen LogP contribution < -0.4 is 4.74 Å². The maximum Gasteiger partial charge on any atom is 0.159 e. The number of nitrogens with zero attached hydrogens (tertiary/aromatic N) is 5. The van der Waals surface area contributed by atoms with Crippen LogP contribution in [0.25, 0.3) is 11.4 Å². The van der Waals surface area contributed by atoms with Gasteiger partial charge in [0.2, 0.25) is 0 Å². The van der Waals surface area contributed by atoms with Gasteiger partial charge in [-0.25, -0.2) is 15.0 Å². The van der Waals surface area contributed by atoms with Crippen molar-refractivity contribution in [2.24, 2.45) is 18.9 Å². The quantitative estimate of drug-likeness (QED) is 0.685. The monoisotopic (exact) mass is 419 g/mol. The van der Waals surface area contributed by atoms with Gasteiger partial charge in [-0.15, -0.1) is 0 Å². The summed E-state index contributed by atoms with van der Waals surface area (Å²) in [5.41, 5.74) is 1.24. The van der Waals surface area contributed by atoms with E-state index in [1.54, 1.807) is 13.3 Å². The second-order valence-corrected chi connectivity index (χ2v) is 8.85. The summed E-state index contributed by atoms with van der Waals surface area (Å²) in [6.45, 7) is 2.52. The Morgan fingerprint density at radius 3 is 2.32 bits per heavy atom. The largest absolute Gasteiger partial charge is 0.497 e. The van der Waals surface area contributed by atoms with E-state index >= 15 is 0 Å². The summed E-state index contributed by atoms with van der Waals surface area (Å²) in [5.74, 6) is 2.74. The Bertz CT molecular complexity index is 1020. The van der Waals surface area contributed by atoms with Crippen LogP contribution in [0.3, 0.4) is 0 Å². The Kier molecular flexibility index (Phi) is 5.24. The first-order chi connectivity index (χ1) is 15.1. The van der Waals surface area contributed by atoms with Crippen LogP contribution in [0.15, 0.2) is 49.1 Å². The number of aromatic nitrogens is 4. The first-order valence-electron chi connectivity index (χ1n) is 11.0. The van der Waals surface area contributed by atoms with E-state index < -0.39 is 5.60 Å². The lowest BCUT2D eigenvalue weighted by Gasteiger charge is -2.52. The zero-order valence-electron chi connectivity index (χ0n) is 18.1. The third kappa shape index (κ3) is 3.62. The molecule has 2 aliphatic rings. The Labute approximate surface area is 182 Å². The maximum absolute atomic E-state index is 11.7. The van der Waals surface area contributed by atoms with Crippen molar-refractivity contribution in [3.05, 3.63) is 60.4 Å². The van der Waals surface area contributed by atoms with E-state index in [4.69, 9.17) is 4.74 Å². The fourth-order valence-electron chi connectivity index (χ4n) is 5.37. The first-order valence-corrected chi connectivity index (χ1v) is 11.0. The molecular formula is C24H29N5O2. The SMILES string of the molecule is COc1ccc(-c2ncc(CN3CC4CCCC(C3)C4(O)c3nccn3C)cn2)cc1. The van der Waals surface area contributed by atoms with Crippen molar-refractivity contribution in [2.75, 3.05) is 20.2 Å². The molecule has 2 atom stereocenters. The van der Waals surface area contributed by atoms with Crippen LogP contribution in [0.1, 0.15) is 30.7 Å². The van der Waals surface area contributed by atoms with Crippen molar-refractivity contribution in [3.8, 4) is 17.1 Å². The smallest absolute Gasteiger partial charge is 0.159 e. The third-order valence-electron chi connectivity index (χ3n) is 6.95. The summed E-state index contributed by atoms with van der Waals surface area (Å²) in [4.78, 5) is 16.1. The van der Waals surface area contributed by atoms with Crippen LogP contribution in [-0.4, -0.2) is 49.7 Å². The summed E-state index contributed by atoms with van der Waals surface area (Å²) in [6, 6.07) is 7.78. The molecule has 0 amide bonds. The van der Waals surface area contributed by atoms with Gasteiger partial charge in [0.1, 0.15) is 17.2 Å². The second kappa shape index (κ2) is 8.05. The predicted octanol–water partition coefficient (Wildman–Crippen LogP) is 3.01. The molecule has 5 rings (SSSR count). The number of hydrogen-bond acceptors (Lipinski definition) is 6. The van der Waals surface area contributed by atoms with E-state index in [9.17, 15) is 5.11 Å². The van der Waals surface area contributed by atoms with Gasteiger partial charge in [0.05, 0.1) is 7.11 Å². The number of imidazole rings is 1. The van der Waals surface area contributed by atoms with Gasteiger partial charge in [-0.3, -0.25) is 4.90 Å². The molecule has 2 unspecified atom stereocenters. The molecule has 31 heavy (non-hydrogen) atoms. The highest BCUT2D eigenvalue weighted by Crippen LogP contribution is 2.48. The van der Waals surface area contributed by atoms with Crippen LogP contribution in [0.2, 0.25) is 0 Å². The highest BCUT2D eigenvalue weighted by molar-refractivity contribution is 5.55. The first kappa shape index (κ1) is 20.2. The zero-order valence-corrected chi connectivity index (χ0v) is 18.1. The van der Waals surface area contributed by atoms with Crippen molar-refractivity contribution in [1.82, 2.24) is 24.4 Å². The summed E-state index contributed by atoms with van der Waals surface area (Å²) < 4.78 is 7.19. The normalized spacial score (nSPS) is 26.0. The summed E-state index contributed by atoms with van der Waals surface area (Å²) in [6.07, 6.45) is 10.8. The number of fused-ring (bicyclic) bond motifs is 2. The molecule has 3 aromatic rings. The molecule has 1 aliphatic heterocycles. The van der Waals surface area contributed by atoms with Crippen molar-refractivity contribution < 1.29 is 9.84 Å². The molecule has 1 aliphatic carbocycles. The van der Waals surface area contributed by atoms with Gasteiger partial charge in [0, 0.05) is 74.4 Å².